The number of guanidine groups is 1. The summed E-state index contributed by atoms with van der Waals surface area (Å²) in [5.74, 6) is -0.578. The molecule has 1 unspecified atom stereocenters. The van der Waals surface area contributed by atoms with Crippen molar-refractivity contribution in [3.63, 3.8) is 0 Å². The van der Waals surface area contributed by atoms with Crippen molar-refractivity contribution >= 4 is 46.5 Å². The minimum absolute atomic E-state index is 0.0308. The van der Waals surface area contributed by atoms with E-state index in [1.807, 2.05) is 0 Å². The number of aliphatic hydroxyl groups excluding tert-OH is 1. The molecule has 0 spiro atoms. The Morgan fingerprint density at radius 2 is 1.87 bits per heavy atom. The van der Waals surface area contributed by atoms with Gasteiger partial charge in [-0.1, -0.05) is 62.0 Å². The first-order valence-electron chi connectivity index (χ1n) is 12.3. The predicted octanol–water partition coefficient (Wildman–Crippen LogP) is 6.08. The molecule has 3 rings (SSSR count). The fourth-order valence-electron chi connectivity index (χ4n) is 3.36. The van der Waals surface area contributed by atoms with Crippen LogP contribution in [0.25, 0.3) is 0 Å². The molecule has 2 aromatic carbocycles. The van der Waals surface area contributed by atoms with Crippen LogP contribution < -0.4 is 10.5 Å². The molecule has 0 saturated heterocycles. The van der Waals surface area contributed by atoms with Crippen LogP contribution in [0.4, 0.5) is 14.5 Å². The number of hydrazone groups is 1. The largest absolute Gasteiger partial charge is 0.435 e. The Kier molecular flexibility index (Phi) is 15.1. The average Bonchev–Trinajstić information content (AvgIpc) is 3.37. The molecule has 8 nitrogen and oxygen atoms in total. The molecule has 3 N–H and O–H groups in total. The number of carbonyl (C=O) groups excluding carboxylic acids is 1. The maximum absolute atomic E-state index is 12.5. The van der Waals surface area contributed by atoms with E-state index in [1.54, 1.807) is 31.2 Å². The number of aliphatic hydroxyl groups is 1. The summed E-state index contributed by atoms with van der Waals surface area (Å²) in [6.45, 7) is 8.96. The molecule has 0 fully saturated rings. The number of carbonyl (C=O) groups is 1. The number of hydrogen-bond donors (Lipinski definition) is 2. The summed E-state index contributed by atoms with van der Waals surface area (Å²) in [7, 11) is 0. The first kappa shape index (κ1) is 33.8. The Bertz CT molecular complexity index is 1130. The third kappa shape index (κ3) is 10.1. The van der Waals surface area contributed by atoms with Crippen LogP contribution >= 0.6 is 23.2 Å². The summed E-state index contributed by atoms with van der Waals surface area (Å²) in [5.41, 5.74) is 7.52. The lowest BCUT2D eigenvalue weighted by Gasteiger charge is -2.28. The summed E-state index contributed by atoms with van der Waals surface area (Å²) < 4.78 is 29.4. The van der Waals surface area contributed by atoms with E-state index in [1.165, 1.54) is 40.9 Å². The Hall–Kier alpha value is -3.21. The first-order chi connectivity index (χ1) is 18.6. The van der Waals surface area contributed by atoms with E-state index < -0.39 is 25.2 Å². The highest BCUT2D eigenvalue weighted by molar-refractivity contribution is 6.42. The summed E-state index contributed by atoms with van der Waals surface area (Å²) in [4.78, 5) is 18.0. The van der Waals surface area contributed by atoms with Crippen molar-refractivity contribution in [1.82, 2.24) is 9.91 Å². The number of aliphatic imine (C=N–C) groups is 1. The Labute approximate surface area is 238 Å². The molecule has 1 amide bonds. The third-order valence-corrected chi connectivity index (χ3v) is 6.07. The number of halogens is 4. The molecule has 214 valence electrons. The minimum atomic E-state index is -2.97. The number of rotatable bonds is 8. The molecule has 0 saturated carbocycles. The van der Waals surface area contributed by atoms with Gasteiger partial charge >= 0.3 is 6.61 Å². The van der Waals surface area contributed by atoms with Crippen LogP contribution in [0.3, 0.4) is 0 Å². The van der Waals surface area contributed by atoms with Crippen LogP contribution in [0, 0.1) is 0 Å². The summed E-state index contributed by atoms with van der Waals surface area (Å²) in [6, 6.07) is 10.1. The highest BCUT2D eigenvalue weighted by Crippen LogP contribution is 2.27. The first-order valence-corrected chi connectivity index (χ1v) is 13.0. The molecule has 1 aliphatic heterocycles. The van der Waals surface area contributed by atoms with Gasteiger partial charge in [-0.2, -0.15) is 13.9 Å². The molecule has 2 aromatic rings. The predicted molar refractivity (Wildman–Crippen MR) is 154 cm³/mol. The van der Waals surface area contributed by atoms with Gasteiger partial charge in [0.05, 0.1) is 34.0 Å². The average molecular weight is 587 g/mol. The van der Waals surface area contributed by atoms with E-state index in [0.717, 1.165) is 0 Å². The van der Waals surface area contributed by atoms with Crippen molar-refractivity contribution in [2.45, 2.75) is 46.3 Å². The van der Waals surface area contributed by atoms with Crippen molar-refractivity contribution in [3.8, 4) is 5.75 Å². The Balaban J connectivity index is 0.00000116. The van der Waals surface area contributed by atoms with E-state index in [9.17, 15) is 18.7 Å². The van der Waals surface area contributed by atoms with Crippen molar-refractivity contribution in [2.75, 3.05) is 19.7 Å². The zero-order valence-electron chi connectivity index (χ0n) is 22.3. The van der Waals surface area contributed by atoms with Crippen molar-refractivity contribution in [3.05, 3.63) is 71.2 Å². The summed E-state index contributed by atoms with van der Waals surface area (Å²) in [5, 5.41) is 16.0. The summed E-state index contributed by atoms with van der Waals surface area (Å²) in [6.07, 6.45) is 2.64. The topological polar surface area (TPSA) is 104 Å². The van der Waals surface area contributed by atoms with Crippen molar-refractivity contribution in [1.29, 1.82) is 0 Å². The fraction of sp³-hybridized carbons (Fsp3) is 0.370. The SMILES string of the molecule is C=C.CCCC.CCN(C(=O)CO)C1CN(C(N)=Nc2cccc(OC(F)F)c2)N=C1c1ccc(Cl)c(Cl)c1. The molecular formula is C27H35Cl2F2N5O3. The molecular weight excluding hydrogens is 551 g/mol. The van der Waals surface area contributed by atoms with Crippen LogP contribution in [-0.2, 0) is 4.79 Å². The van der Waals surface area contributed by atoms with Gasteiger partial charge in [0.1, 0.15) is 12.4 Å². The molecule has 1 heterocycles. The van der Waals surface area contributed by atoms with E-state index in [-0.39, 0.29) is 23.9 Å². The van der Waals surface area contributed by atoms with Gasteiger partial charge < -0.3 is 20.5 Å². The third-order valence-electron chi connectivity index (χ3n) is 5.33. The van der Waals surface area contributed by atoms with Gasteiger partial charge in [-0.15, -0.1) is 13.2 Å². The smallest absolute Gasteiger partial charge is 0.387 e. The number of hydrogen-bond acceptors (Lipinski definition) is 5. The number of amides is 1. The lowest BCUT2D eigenvalue weighted by molar-refractivity contribution is -0.135. The van der Waals surface area contributed by atoms with Gasteiger partial charge in [0.2, 0.25) is 11.9 Å². The lowest BCUT2D eigenvalue weighted by atomic mass is 10.0. The number of alkyl halides is 2. The molecule has 1 atom stereocenters. The van der Waals surface area contributed by atoms with E-state index >= 15 is 0 Å². The van der Waals surface area contributed by atoms with Crippen molar-refractivity contribution < 1.29 is 23.4 Å². The molecule has 12 heteroatoms. The molecule has 0 aromatic heterocycles. The van der Waals surface area contributed by atoms with Gasteiger partial charge in [-0.3, -0.25) is 4.79 Å². The van der Waals surface area contributed by atoms with Crippen LogP contribution in [0.1, 0.15) is 39.2 Å². The molecule has 1 aliphatic rings. The highest BCUT2D eigenvalue weighted by Gasteiger charge is 2.35. The number of benzene rings is 2. The highest BCUT2D eigenvalue weighted by atomic mass is 35.5. The Morgan fingerprint density at radius 1 is 1.21 bits per heavy atom. The lowest BCUT2D eigenvalue weighted by Crippen LogP contribution is -2.48. The maximum Gasteiger partial charge on any atom is 0.387 e. The molecule has 39 heavy (non-hydrogen) atoms. The van der Waals surface area contributed by atoms with Crippen molar-refractivity contribution in [2.24, 2.45) is 15.8 Å². The normalized spacial score (nSPS) is 14.6. The zero-order valence-corrected chi connectivity index (χ0v) is 23.8. The van der Waals surface area contributed by atoms with Crippen LogP contribution in [-0.4, -0.2) is 64.9 Å². The number of nitrogens with zero attached hydrogens (tertiary/aromatic N) is 4. The van der Waals surface area contributed by atoms with Gasteiger partial charge in [-0.05, 0) is 31.2 Å². The van der Waals surface area contributed by atoms with Gasteiger partial charge in [0.25, 0.3) is 0 Å². The number of likely N-dealkylation sites (N-methyl/N-ethyl adjacent to an activating group) is 1. The standard InChI is InChI=1S/C21H21Cl2F2N5O3.C4H10.C2H4/c1-2-29(18(32)11-31)17-10-30(28-19(17)12-6-7-15(22)16(23)8-12)21(26)27-13-4-3-5-14(9-13)33-20(24)25;1-3-4-2;1-2/h3-9,17,20,31H,2,10-11H2,1H3,(H2,26,27);3-4H2,1-2H3;1-2H2. The second-order valence-corrected chi connectivity index (χ2v) is 8.71. The molecule has 0 aliphatic carbocycles. The van der Waals surface area contributed by atoms with E-state index in [0.29, 0.717) is 27.9 Å². The van der Waals surface area contributed by atoms with Gasteiger partial charge in [0.15, 0.2) is 0 Å². The maximum atomic E-state index is 12.5. The van der Waals surface area contributed by atoms with Crippen LogP contribution in [0.5, 0.6) is 5.75 Å². The second-order valence-electron chi connectivity index (χ2n) is 7.90. The Morgan fingerprint density at radius 3 is 2.41 bits per heavy atom. The quantitative estimate of drug-likeness (QED) is 0.222. The molecule has 0 bridgehead atoms. The number of unbranched alkanes of at least 4 members (excludes halogenated alkanes) is 1. The minimum Gasteiger partial charge on any atom is -0.435 e. The van der Waals surface area contributed by atoms with Gasteiger partial charge in [0, 0.05) is 18.2 Å². The summed E-state index contributed by atoms with van der Waals surface area (Å²) >= 11 is 12.2. The van der Waals surface area contributed by atoms with E-state index in [2.05, 4.69) is 41.8 Å². The second kappa shape index (κ2) is 17.4. The number of ether oxygens (including phenoxy) is 1. The van der Waals surface area contributed by atoms with E-state index in [4.69, 9.17) is 28.9 Å². The fourth-order valence-corrected chi connectivity index (χ4v) is 3.66. The monoisotopic (exact) mass is 585 g/mol. The zero-order chi connectivity index (χ0) is 29.5. The number of nitrogens with two attached hydrogens (primary N) is 1. The van der Waals surface area contributed by atoms with Crippen LogP contribution in [0.2, 0.25) is 10.0 Å². The molecule has 0 radical (unpaired) electrons. The van der Waals surface area contributed by atoms with Crippen LogP contribution in [0.15, 0.2) is 65.7 Å². The van der Waals surface area contributed by atoms with Gasteiger partial charge in [-0.25, -0.2) is 10.0 Å².